The van der Waals surface area contributed by atoms with E-state index in [1.165, 1.54) is 5.56 Å². The Hall–Kier alpha value is -2.09. The van der Waals surface area contributed by atoms with Gasteiger partial charge in [-0.1, -0.05) is 5.16 Å². The van der Waals surface area contributed by atoms with Crippen LogP contribution in [0.2, 0.25) is 0 Å². The van der Waals surface area contributed by atoms with Crippen molar-refractivity contribution in [1.29, 1.82) is 0 Å². The summed E-state index contributed by atoms with van der Waals surface area (Å²) in [5, 5.41) is 17.5. The molecule has 0 unspecified atom stereocenters. The third kappa shape index (κ3) is 3.82. The molecule has 1 N–H and O–H groups in total. The van der Waals surface area contributed by atoms with Gasteiger partial charge in [0.15, 0.2) is 0 Å². The average Bonchev–Trinajstić information content (AvgIpc) is 3.26. The summed E-state index contributed by atoms with van der Waals surface area (Å²) < 4.78 is 5.42. The fourth-order valence-corrected chi connectivity index (χ4v) is 2.99. The Labute approximate surface area is 138 Å². The van der Waals surface area contributed by atoms with Crippen molar-refractivity contribution in [1.82, 2.24) is 20.0 Å². The molecule has 0 aliphatic carbocycles. The van der Waals surface area contributed by atoms with E-state index in [1.807, 2.05) is 24.4 Å². The first kappa shape index (κ1) is 15.8. The Morgan fingerprint density at radius 1 is 1.39 bits per heavy atom. The van der Waals surface area contributed by atoms with Gasteiger partial charge in [-0.2, -0.15) is 16.3 Å². The molecule has 3 aromatic heterocycles. The first-order valence-corrected chi connectivity index (χ1v) is 8.32. The summed E-state index contributed by atoms with van der Waals surface area (Å²) >= 11 is 1.66. The average molecular weight is 330 g/mol. The van der Waals surface area contributed by atoms with Crippen molar-refractivity contribution in [3.8, 4) is 11.4 Å². The molecule has 1 atom stereocenters. The molecule has 3 rings (SSSR count). The number of hydrogen-bond donors (Lipinski definition) is 1. The van der Waals surface area contributed by atoms with Crippen LogP contribution in [0.1, 0.15) is 24.4 Å². The minimum absolute atomic E-state index is 0.0814. The monoisotopic (exact) mass is 330 g/mol. The Morgan fingerprint density at radius 3 is 3.00 bits per heavy atom. The number of thiophene rings is 1. The van der Waals surface area contributed by atoms with Crippen molar-refractivity contribution in [2.24, 2.45) is 0 Å². The normalized spacial score (nSPS) is 12.7. The van der Waals surface area contributed by atoms with E-state index in [4.69, 9.17) is 4.52 Å². The number of hydrogen-bond acceptors (Lipinski definition) is 7. The summed E-state index contributed by atoms with van der Waals surface area (Å²) in [4.78, 5) is 10.7. The first-order chi connectivity index (χ1) is 11.3. The highest BCUT2D eigenvalue weighted by Gasteiger charge is 2.22. The zero-order valence-electron chi connectivity index (χ0n) is 12.8. The van der Waals surface area contributed by atoms with Crippen LogP contribution in [0.25, 0.3) is 11.4 Å². The second-order valence-corrected chi connectivity index (χ2v) is 5.98. The van der Waals surface area contributed by atoms with E-state index in [0.29, 0.717) is 18.3 Å². The molecular weight excluding hydrogens is 312 g/mol. The minimum Gasteiger partial charge on any atom is -0.395 e. The van der Waals surface area contributed by atoms with Crippen molar-refractivity contribution < 1.29 is 9.63 Å². The lowest BCUT2D eigenvalue weighted by atomic mass is 10.2. The number of rotatable bonds is 7. The topological polar surface area (TPSA) is 75.3 Å². The lowest BCUT2D eigenvalue weighted by molar-refractivity contribution is 0.130. The number of aliphatic hydroxyl groups is 1. The Kier molecular flexibility index (Phi) is 5.12. The summed E-state index contributed by atoms with van der Waals surface area (Å²) in [5.74, 6) is 1.06. The van der Waals surface area contributed by atoms with Crippen LogP contribution < -0.4 is 0 Å². The molecule has 0 radical (unpaired) electrons. The van der Waals surface area contributed by atoms with Gasteiger partial charge in [-0.15, -0.1) is 0 Å². The first-order valence-electron chi connectivity index (χ1n) is 7.38. The molecule has 0 bridgehead atoms. The third-order valence-corrected chi connectivity index (χ3v) is 4.35. The highest BCUT2D eigenvalue weighted by Crippen LogP contribution is 2.24. The molecular formula is C16H18N4O2S. The number of aliphatic hydroxyl groups excluding tert-OH is 1. The van der Waals surface area contributed by atoms with Gasteiger partial charge in [0, 0.05) is 31.0 Å². The minimum atomic E-state index is -0.0834. The molecule has 7 heteroatoms. The van der Waals surface area contributed by atoms with Gasteiger partial charge < -0.3 is 9.63 Å². The highest BCUT2D eigenvalue weighted by molar-refractivity contribution is 7.07. The predicted octanol–water partition coefficient (Wildman–Crippen LogP) is 2.75. The quantitative estimate of drug-likeness (QED) is 0.718. The molecule has 0 saturated carbocycles. The van der Waals surface area contributed by atoms with Gasteiger partial charge in [-0.3, -0.25) is 9.88 Å². The highest BCUT2D eigenvalue weighted by atomic mass is 32.1. The van der Waals surface area contributed by atoms with Crippen molar-refractivity contribution >= 4 is 11.3 Å². The standard InChI is InChI=1S/C16H18N4O2S/c1-12(20(6-7-21)10-13-4-8-23-11-13)16-18-15(19-22-16)14-3-2-5-17-9-14/h2-5,8-9,11-12,21H,6-7,10H2,1H3/t12-/m1/s1. The van der Waals surface area contributed by atoms with E-state index >= 15 is 0 Å². The molecule has 3 aromatic rings. The van der Waals surface area contributed by atoms with Crippen molar-refractivity contribution in [2.45, 2.75) is 19.5 Å². The van der Waals surface area contributed by atoms with Gasteiger partial charge in [0.1, 0.15) is 0 Å². The van der Waals surface area contributed by atoms with Crippen LogP contribution in [0, 0.1) is 0 Å². The molecule has 0 fully saturated rings. The summed E-state index contributed by atoms with van der Waals surface area (Å²) in [5.41, 5.74) is 2.03. The van der Waals surface area contributed by atoms with E-state index in [1.54, 1.807) is 23.7 Å². The van der Waals surface area contributed by atoms with Crippen molar-refractivity contribution in [2.75, 3.05) is 13.2 Å². The number of pyridine rings is 1. The van der Waals surface area contributed by atoms with Gasteiger partial charge in [-0.05, 0) is 41.4 Å². The lowest BCUT2D eigenvalue weighted by Crippen LogP contribution is -2.29. The fourth-order valence-electron chi connectivity index (χ4n) is 2.33. The second kappa shape index (κ2) is 7.45. The maximum absolute atomic E-state index is 9.33. The number of aromatic nitrogens is 3. The Morgan fingerprint density at radius 2 is 2.30 bits per heavy atom. The molecule has 3 heterocycles. The van der Waals surface area contributed by atoms with Crippen LogP contribution in [-0.4, -0.2) is 38.3 Å². The van der Waals surface area contributed by atoms with Crippen LogP contribution in [0.4, 0.5) is 0 Å². The third-order valence-electron chi connectivity index (χ3n) is 3.62. The molecule has 0 aliphatic heterocycles. The zero-order chi connectivity index (χ0) is 16.1. The summed E-state index contributed by atoms with van der Waals surface area (Å²) in [6, 6.07) is 5.73. The molecule has 6 nitrogen and oxygen atoms in total. The maximum atomic E-state index is 9.33. The van der Waals surface area contributed by atoms with E-state index in [9.17, 15) is 5.11 Å². The van der Waals surface area contributed by atoms with Crippen LogP contribution in [0.5, 0.6) is 0 Å². The molecule has 0 spiro atoms. The smallest absolute Gasteiger partial charge is 0.244 e. The number of nitrogens with zero attached hydrogens (tertiary/aromatic N) is 4. The van der Waals surface area contributed by atoms with Crippen LogP contribution in [-0.2, 0) is 6.54 Å². The van der Waals surface area contributed by atoms with E-state index < -0.39 is 0 Å². The Bertz CT molecular complexity index is 715. The fraction of sp³-hybridized carbons (Fsp3) is 0.312. The maximum Gasteiger partial charge on any atom is 0.244 e. The Balaban J connectivity index is 1.77. The molecule has 120 valence electrons. The van der Waals surface area contributed by atoms with E-state index in [-0.39, 0.29) is 12.6 Å². The summed E-state index contributed by atoms with van der Waals surface area (Å²) in [7, 11) is 0. The molecule has 0 saturated heterocycles. The van der Waals surface area contributed by atoms with Gasteiger partial charge in [0.25, 0.3) is 0 Å². The van der Waals surface area contributed by atoms with E-state index in [0.717, 1.165) is 12.1 Å². The van der Waals surface area contributed by atoms with Crippen molar-refractivity contribution in [3.63, 3.8) is 0 Å². The molecule has 0 aromatic carbocycles. The van der Waals surface area contributed by atoms with Crippen LogP contribution in [0.15, 0.2) is 45.9 Å². The predicted molar refractivity (Wildman–Crippen MR) is 87.8 cm³/mol. The zero-order valence-corrected chi connectivity index (χ0v) is 13.6. The lowest BCUT2D eigenvalue weighted by Gasteiger charge is -2.25. The van der Waals surface area contributed by atoms with Gasteiger partial charge in [0.05, 0.1) is 12.6 Å². The summed E-state index contributed by atoms with van der Waals surface area (Å²) in [6.07, 6.45) is 3.41. The van der Waals surface area contributed by atoms with Gasteiger partial charge in [-0.25, -0.2) is 0 Å². The van der Waals surface area contributed by atoms with Crippen molar-refractivity contribution in [3.05, 3.63) is 52.8 Å². The molecule has 0 amide bonds. The molecule has 23 heavy (non-hydrogen) atoms. The largest absolute Gasteiger partial charge is 0.395 e. The van der Waals surface area contributed by atoms with Gasteiger partial charge >= 0.3 is 0 Å². The van der Waals surface area contributed by atoms with E-state index in [2.05, 4.69) is 31.5 Å². The van der Waals surface area contributed by atoms with Crippen LogP contribution >= 0.6 is 11.3 Å². The van der Waals surface area contributed by atoms with Crippen LogP contribution in [0.3, 0.4) is 0 Å². The second-order valence-electron chi connectivity index (χ2n) is 5.20. The SMILES string of the molecule is C[C@H](c1nc(-c2cccnc2)no1)N(CCO)Cc1ccsc1. The summed E-state index contributed by atoms with van der Waals surface area (Å²) in [6.45, 7) is 3.36. The van der Waals surface area contributed by atoms with Gasteiger partial charge in [0.2, 0.25) is 11.7 Å². The molecule has 0 aliphatic rings.